The molecule has 3 aromatic rings. The van der Waals surface area contributed by atoms with Crippen LogP contribution in [0.1, 0.15) is 113 Å². The van der Waals surface area contributed by atoms with E-state index in [1.807, 2.05) is 97.1 Å². The number of nitrogens with one attached hydrogen (secondary N) is 2. The van der Waals surface area contributed by atoms with Crippen LogP contribution in [0.15, 0.2) is 103 Å². The van der Waals surface area contributed by atoms with Crippen LogP contribution in [0.5, 0.6) is 0 Å². The number of nitrogens with two attached hydrogens (primary N) is 2. The van der Waals surface area contributed by atoms with Crippen LogP contribution in [-0.2, 0) is 43.6 Å². The maximum absolute atomic E-state index is 13.2. The van der Waals surface area contributed by atoms with Gasteiger partial charge in [0.1, 0.15) is 25.6 Å². The first kappa shape index (κ1) is 62.1. The number of ether oxygens (including phenoxy) is 3. The molecule has 0 heterocycles. The number of rotatable bonds is 9. The number of carbonyl (C=O) groups is 5. The fourth-order valence-corrected chi connectivity index (χ4v) is 6.94. The van der Waals surface area contributed by atoms with E-state index < -0.39 is 36.2 Å². The molecular formula is C50H67Cl3F4N4O8. The van der Waals surface area contributed by atoms with E-state index in [0.717, 1.165) is 55.2 Å². The first-order valence-corrected chi connectivity index (χ1v) is 23.8. The van der Waals surface area contributed by atoms with Crippen molar-refractivity contribution >= 4 is 65.5 Å². The SMILES string of the molecule is Cl.ClCCCl.NC(=O)OCc1ccccc1.NC1CCCC(F)(F)C1.O=C(NC1CCCC(F)(F)C1)OCc1ccccc1.O=C1C=CCCC1.O=C1CCCC(NC(=O)OCc2ccccc2)C1. The van der Waals surface area contributed by atoms with Gasteiger partial charge in [-0.25, -0.2) is 31.9 Å². The van der Waals surface area contributed by atoms with Crippen LogP contribution in [0.2, 0.25) is 0 Å². The summed E-state index contributed by atoms with van der Waals surface area (Å²) < 4.78 is 65.8. The Labute approximate surface area is 419 Å². The lowest BCUT2D eigenvalue weighted by atomic mass is 9.92. The van der Waals surface area contributed by atoms with Crippen LogP contribution < -0.4 is 22.1 Å². The van der Waals surface area contributed by atoms with Crippen LogP contribution in [0.4, 0.5) is 31.9 Å². The van der Waals surface area contributed by atoms with Crippen LogP contribution >= 0.6 is 35.6 Å². The number of alkyl halides is 6. The van der Waals surface area contributed by atoms with E-state index in [4.69, 9.17) is 44.1 Å². The number of hydrogen-bond donors (Lipinski definition) is 4. The molecular weight excluding hydrogens is 967 g/mol. The summed E-state index contributed by atoms with van der Waals surface area (Å²) in [4.78, 5) is 54.9. The average molecular weight is 1030 g/mol. The van der Waals surface area contributed by atoms with E-state index >= 15 is 0 Å². The summed E-state index contributed by atoms with van der Waals surface area (Å²) in [6.45, 7) is 0.652. The van der Waals surface area contributed by atoms with Gasteiger partial charge in [-0.3, -0.25) is 9.59 Å². The monoisotopic (exact) mass is 1030 g/mol. The average Bonchev–Trinajstić information content (AvgIpc) is 3.31. The molecule has 384 valence electrons. The molecule has 3 saturated carbocycles. The predicted octanol–water partition coefficient (Wildman–Crippen LogP) is 11.9. The molecule has 12 nitrogen and oxygen atoms in total. The number of Topliss-reactive ketones (excluding diaryl/α,β-unsaturated/α-hetero) is 1. The quantitative estimate of drug-likeness (QED) is 0.0918. The van der Waals surface area contributed by atoms with E-state index in [0.29, 0.717) is 43.9 Å². The van der Waals surface area contributed by atoms with Crippen molar-refractivity contribution in [2.24, 2.45) is 11.5 Å². The minimum atomic E-state index is -2.67. The molecule has 3 aromatic carbocycles. The number of hydrogen-bond acceptors (Lipinski definition) is 9. The fourth-order valence-electron chi connectivity index (χ4n) is 6.94. The van der Waals surface area contributed by atoms with Gasteiger partial charge in [0.2, 0.25) is 11.8 Å². The summed E-state index contributed by atoms with van der Waals surface area (Å²) in [5.74, 6) is -3.53. The van der Waals surface area contributed by atoms with Crippen molar-refractivity contribution in [3.05, 3.63) is 120 Å². The third-order valence-corrected chi connectivity index (χ3v) is 10.8. The van der Waals surface area contributed by atoms with E-state index in [1.54, 1.807) is 6.08 Å². The Hall–Kier alpha value is -4.90. The zero-order valence-corrected chi connectivity index (χ0v) is 41.1. The van der Waals surface area contributed by atoms with E-state index in [2.05, 4.69) is 15.4 Å². The Morgan fingerprint density at radius 3 is 1.43 bits per heavy atom. The number of halogens is 7. The van der Waals surface area contributed by atoms with Crippen LogP contribution in [0.3, 0.4) is 0 Å². The molecule has 0 radical (unpaired) electrons. The molecule has 0 spiro atoms. The molecule has 4 aliphatic carbocycles. The first-order valence-electron chi connectivity index (χ1n) is 22.7. The molecule has 0 saturated heterocycles. The second-order valence-electron chi connectivity index (χ2n) is 16.3. The van der Waals surface area contributed by atoms with Gasteiger partial charge in [-0.15, -0.1) is 35.6 Å². The van der Waals surface area contributed by atoms with Gasteiger partial charge < -0.3 is 36.3 Å². The van der Waals surface area contributed by atoms with Crippen molar-refractivity contribution in [1.82, 2.24) is 10.6 Å². The number of ketones is 2. The highest BCUT2D eigenvalue weighted by molar-refractivity contribution is 6.25. The highest BCUT2D eigenvalue weighted by Gasteiger charge is 2.37. The van der Waals surface area contributed by atoms with Gasteiger partial charge in [0.05, 0.1) is 0 Å². The highest BCUT2D eigenvalue weighted by Crippen LogP contribution is 2.33. The van der Waals surface area contributed by atoms with Gasteiger partial charge in [0.15, 0.2) is 5.78 Å². The minimum absolute atomic E-state index is 0. The number of carbonyl (C=O) groups excluding carboxylic acids is 5. The van der Waals surface area contributed by atoms with Crippen molar-refractivity contribution in [2.75, 3.05) is 11.8 Å². The molecule has 0 aromatic heterocycles. The molecule has 69 heavy (non-hydrogen) atoms. The molecule has 3 atom stereocenters. The third-order valence-electron chi connectivity index (χ3n) is 10.3. The van der Waals surface area contributed by atoms with Crippen LogP contribution in [0, 0.1) is 0 Å². The lowest BCUT2D eigenvalue weighted by molar-refractivity contribution is -0.120. The molecule has 3 fully saturated rings. The van der Waals surface area contributed by atoms with Gasteiger partial charge in [0, 0.05) is 74.8 Å². The molecule has 19 heteroatoms. The Balaban J connectivity index is 0.000000439. The van der Waals surface area contributed by atoms with Gasteiger partial charge in [-0.2, -0.15) is 0 Å². The summed E-state index contributed by atoms with van der Waals surface area (Å²) >= 11 is 10.1. The zero-order chi connectivity index (χ0) is 50.0. The summed E-state index contributed by atoms with van der Waals surface area (Å²) in [7, 11) is 0. The summed E-state index contributed by atoms with van der Waals surface area (Å²) in [5, 5.41) is 5.24. The zero-order valence-electron chi connectivity index (χ0n) is 38.8. The highest BCUT2D eigenvalue weighted by atomic mass is 35.5. The number of amides is 3. The number of primary amides is 1. The van der Waals surface area contributed by atoms with Gasteiger partial charge >= 0.3 is 18.3 Å². The maximum Gasteiger partial charge on any atom is 0.407 e. The lowest BCUT2D eigenvalue weighted by Crippen LogP contribution is -2.42. The van der Waals surface area contributed by atoms with E-state index in [-0.39, 0.29) is 81.6 Å². The number of allylic oxidation sites excluding steroid dienone is 2. The molecule has 4 aliphatic rings. The van der Waals surface area contributed by atoms with E-state index in [1.165, 1.54) is 0 Å². The van der Waals surface area contributed by atoms with Gasteiger partial charge in [-0.1, -0.05) is 97.1 Å². The maximum atomic E-state index is 13.2. The third kappa shape index (κ3) is 32.5. The van der Waals surface area contributed by atoms with Crippen molar-refractivity contribution in [1.29, 1.82) is 0 Å². The second kappa shape index (κ2) is 36.1. The van der Waals surface area contributed by atoms with Gasteiger partial charge in [-0.05, 0) is 74.1 Å². The molecule has 3 amide bonds. The van der Waals surface area contributed by atoms with Crippen LogP contribution in [0.25, 0.3) is 0 Å². The molecule has 7 rings (SSSR count). The van der Waals surface area contributed by atoms with Crippen molar-refractivity contribution in [2.45, 2.75) is 146 Å². The van der Waals surface area contributed by atoms with Crippen molar-refractivity contribution in [3.63, 3.8) is 0 Å². The summed E-state index contributed by atoms with van der Waals surface area (Å²) in [6.07, 6.45) is 9.32. The molecule has 0 bridgehead atoms. The van der Waals surface area contributed by atoms with Crippen molar-refractivity contribution in [3.8, 4) is 0 Å². The Morgan fingerprint density at radius 1 is 0.623 bits per heavy atom. The first-order chi connectivity index (χ1) is 32.5. The Kier molecular flexibility index (Phi) is 32.5. The Morgan fingerprint density at radius 2 is 1.07 bits per heavy atom. The number of alkyl carbamates (subject to hydrolysis) is 2. The Bertz CT molecular complexity index is 1920. The topological polar surface area (TPSA) is 189 Å². The van der Waals surface area contributed by atoms with Gasteiger partial charge in [0.25, 0.3) is 0 Å². The second-order valence-corrected chi connectivity index (χ2v) is 17.1. The smallest absolute Gasteiger partial charge is 0.407 e. The normalized spacial score (nSPS) is 19.4. The molecule has 0 aliphatic heterocycles. The molecule has 3 unspecified atom stereocenters. The summed E-state index contributed by atoms with van der Waals surface area (Å²) in [6, 6.07) is 27.3. The lowest BCUT2D eigenvalue weighted by Gasteiger charge is -2.29. The van der Waals surface area contributed by atoms with E-state index in [9.17, 15) is 41.5 Å². The van der Waals surface area contributed by atoms with Crippen LogP contribution in [-0.4, -0.2) is 71.6 Å². The standard InChI is InChI=1S/C14H17F2NO2.C14H17NO3.C8H9NO2.C6H11F2N.C6H8O.C2H4Cl2.ClH/c15-14(16)8-4-7-12(9-14)17-13(18)19-10-11-5-2-1-3-6-11;16-13-8-4-7-12(9-13)15-14(17)18-10-11-5-2-1-3-6-11;9-8(10)11-6-7-4-2-1-3-5-7;7-6(8)3-1-2-5(9)4-6;7-6-4-2-1-3-5-6;3-1-2-4;/h1-3,5-6,12H,4,7-10H2,(H,17,18);1-3,5-6,12H,4,7-10H2,(H,15,17);1-5H,6H2,(H2,9,10);5H,1-4,9H2;2,4H,1,3,5H2;1-2H2;1H. The van der Waals surface area contributed by atoms with Crippen molar-refractivity contribution < 1.29 is 55.7 Å². The summed E-state index contributed by atoms with van der Waals surface area (Å²) in [5.41, 5.74) is 12.9. The minimum Gasteiger partial charge on any atom is -0.445 e. The number of benzene rings is 3. The molecule has 6 N–H and O–H groups in total. The predicted molar refractivity (Wildman–Crippen MR) is 263 cm³/mol. The fraction of sp³-hybridized carbons (Fsp3) is 0.500. The largest absolute Gasteiger partial charge is 0.445 e.